The molecule has 0 saturated heterocycles. The quantitative estimate of drug-likeness (QED) is 0.531. The first kappa shape index (κ1) is 9.13. The lowest BCUT2D eigenvalue weighted by molar-refractivity contribution is 0.0599. The van der Waals surface area contributed by atoms with E-state index in [0.29, 0.717) is 5.56 Å². The van der Waals surface area contributed by atoms with E-state index in [1.54, 1.807) is 6.07 Å². The highest BCUT2D eigenvalue weighted by Crippen LogP contribution is 2.14. The second-order valence-electron chi connectivity index (χ2n) is 2.49. The van der Waals surface area contributed by atoms with Crippen molar-refractivity contribution in [1.29, 1.82) is 0 Å². The molecular formula is C9H10O2S. The summed E-state index contributed by atoms with van der Waals surface area (Å²) in [6.45, 7) is 1.86. The van der Waals surface area contributed by atoms with Crippen LogP contribution in [-0.2, 0) is 4.74 Å². The summed E-state index contributed by atoms with van der Waals surface area (Å²) in [5.74, 6) is -0.316. The molecule has 0 heterocycles. The average Bonchev–Trinajstić information content (AvgIpc) is 2.08. The van der Waals surface area contributed by atoms with Crippen molar-refractivity contribution in [3.05, 3.63) is 29.3 Å². The van der Waals surface area contributed by atoms with Crippen molar-refractivity contribution in [2.24, 2.45) is 0 Å². The summed E-state index contributed by atoms with van der Waals surface area (Å²) in [4.78, 5) is 11.9. The summed E-state index contributed by atoms with van der Waals surface area (Å²) < 4.78 is 4.60. The molecule has 0 saturated carbocycles. The van der Waals surface area contributed by atoms with E-state index >= 15 is 0 Å². The third kappa shape index (κ3) is 1.80. The summed E-state index contributed by atoms with van der Waals surface area (Å²) in [6.07, 6.45) is 0. The first-order valence-corrected chi connectivity index (χ1v) is 3.98. The molecule has 1 aromatic rings. The van der Waals surface area contributed by atoms with E-state index in [1.165, 1.54) is 7.11 Å². The van der Waals surface area contributed by atoms with Gasteiger partial charge in [-0.1, -0.05) is 6.07 Å². The van der Waals surface area contributed by atoms with E-state index < -0.39 is 0 Å². The fourth-order valence-electron chi connectivity index (χ4n) is 0.940. The lowest BCUT2D eigenvalue weighted by atomic mass is 10.1. The molecule has 0 aliphatic heterocycles. The van der Waals surface area contributed by atoms with Gasteiger partial charge in [0, 0.05) is 4.90 Å². The SMILES string of the molecule is COC(=O)c1cc(S)ccc1C. The van der Waals surface area contributed by atoms with Crippen LogP contribution in [0.15, 0.2) is 23.1 Å². The van der Waals surface area contributed by atoms with Crippen LogP contribution in [0.4, 0.5) is 0 Å². The van der Waals surface area contributed by atoms with Crippen LogP contribution >= 0.6 is 12.6 Å². The van der Waals surface area contributed by atoms with Crippen LogP contribution in [0.5, 0.6) is 0 Å². The number of methoxy groups -OCH3 is 1. The van der Waals surface area contributed by atoms with Gasteiger partial charge in [-0.2, -0.15) is 0 Å². The summed E-state index contributed by atoms with van der Waals surface area (Å²) in [5.41, 5.74) is 1.48. The number of ether oxygens (including phenoxy) is 1. The van der Waals surface area contributed by atoms with Crippen LogP contribution < -0.4 is 0 Å². The second-order valence-corrected chi connectivity index (χ2v) is 3.01. The minimum Gasteiger partial charge on any atom is -0.465 e. The Balaban J connectivity index is 3.13. The molecule has 0 radical (unpaired) electrons. The lowest BCUT2D eigenvalue weighted by Crippen LogP contribution is -2.03. The number of hydrogen-bond acceptors (Lipinski definition) is 3. The van der Waals surface area contributed by atoms with Crippen LogP contribution in [0.2, 0.25) is 0 Å². The van der Waals surface area contributed by atoms with E-state index in [1.807, 2.05) is 19.1 Å². The molecule has 0 atom stereocenters. The van der Waals surface area contributed by atoms with Gasteiger partial charge < -0.3 is 4.74 Å². The standard InChI is InChI=1S/C9H10O2S/c1-6-3-4-7(12)5-8(6)9(10)11-2/h3-5,12H,1-2H3. The van der Waals surface area contributed by atoms with Crippen molar-refractivity contribution in [2.45, 2.75) is 11.8 Å². The number of carbonyl (C=O) groups is 1. The van der Waals surface area contributed by atoms with E-state index in [4.69, 9.17) is 0 Å². The van der Waals surface area contributed by atoms with E-state index in [-0.39, 0.29) is 5.97 Å². The normalized spacial score (nSPS) is 9.58. The molecule has 0 aromatic heterocycles. The van der Waals surface area contributed by atoms with Gasteiger partial charge in [0.25, 0.3) is 0 Å². The Kier molecular flexibility index (Phi) is 2.76. The van der Waals surface area contributed by atoms with Crippen LogP contribution in [0.3, 0.4) is 0 Å². The topological polar surface area (TPSA) is 26.3 Å². The highest BCUT2D eigenvalue weighted by molar-refractivity contribution is 7.80. The molecule has 0 spiro atoms. The molecule has 0 fully saturated rings. The second kappa shape index (κ2) is 3.63. The number of hydrogen-bond donors (Lipinski definition) is 1. The monoisotopic (exact) mass is 182 g/mol. The summed E-state index contributed by atoms with van der Waals surface area (Å²) in [5, 5.41) is 0. The summed E-state index contributed by atoms with van der Waals surface area (Å²) in [6, 6.07) is 5.38. The van der Waals surface area contributed by atoms with Crippen LogP contribution in [0, 0.1) is 6.92 Å². The van der Waals surface area contributed by atoms with Crippen molar-refractivity contribution >= 4 is 18.6 Å². The maximum Gasteiger partial charge on any atom is 0.338 e. The molecule has 0 N–H and O–H groups in total. The molecule has 12 heavy (non-hydrogen) atoms. The highest BCUT2D eigenvalue weighted by atomic mass is 32.1. The first-order chi connectivity index (χ1) is 5.65. The van der Waals surface area contributed by atoms with E-state index in [0.717, 1.165) is 10.5 Å². The number of carbonyl (C=O) groups excluding carboxylic acids is 1. The largest absolute Gasteiger partial charge is 0.465 e. The minimum absolute atomic E-state index is 0.316. The highest BCUT2D eigenvalue weighted by Gasteiger charge is 2.08. The molecule has 0 aliphatic carbocycles. The number of thiol groups is 1. The molecule has 2 nitrogen and oxygen atoms in total. The van der Waals surface area contributed by atoms with Gasteiger partial charge in [-0.3, -0.25) is 0 Å². The van der Waals surface area contributed by atoms with Gasteiger partial charge in [0.15, 0.2) is 0 Å². The van der Waals surface area contributed by atoms with Crippen LogP contribution in [0.25, 0.3) is 0 Å². The zero-order chi connectivity index (χ0) is 9.14. The maximum atomic E-state index is 11.1. The zero-order valence-electron chi connectivity index (χ0n) is 7.00. The Bertz CT molecular complexity index is 307. The van der Waals surface area contributed by atoms with Gasteiger partial charge in [0.2, 0.25) is 0 Å². The van der Waals surface area contributed by atoms with Gasteiger partial charge >= 0.3 is 5.97 Å². The van der Waals surface area contributed by atoms with Crippen LogP contribution in [-0.4, -0.2) is 13.1 Å². The molecule has 0 bridgehead atoms. The fourth-order valence-corrected chi connectivity index (χ4v) is 1.14. The summed E-state index contributed by atoms with van der Waals surface area (Å²) in [7, 11) is 1.37. The third-order valence-corrected chi connectivity index (χ3v) is 1.90. The van der Waals surface area contributed by atoms with Gasteiger partial charge in [-0.05, 0) is 24.6 Å². The molecule has 1 rings (SSSR count). The van der Waals surface area contributed by atoms with Crippen molar-refractivity contribution < 1.29 is 9.53 Å². The Labute approximate surface area is 77.0 Å². The number of aryl methyl sites for hydroxylation is 1. The summed E-state index contributed by atoms with van der Waals surface area (Å²) >= 11 is 4.13. The maximum absolute atomic E-state index is 11.1. The molecule has 0 unspecified atom stereocenters. The predicted octanol–water partition coefficient (Wildman–Crippen LogP) is 2.07. The Morgan fingerprint density at radius 3 is 2.75 bits per heavy atom. The molecule has 3 heteroatoms. The molecule has 64 valence electrons. The molecule has 0 amide bonds. The molecular weight excluding hydrogens is 172 g/mol. The van der Waals surface area contributed by atoms with Crippen molar-refractivity contribution in [3.8, 4) is 0 Å². The lowest BCUT2D eigenvalue weighted by Gasteiger charge is -2.03. The van der Waals surface area contributed by atoms with Crippen molar-refractivity contribution in [1.82, 2.24) is 0 Å². The van der Waals surface area contributed by atoms with Gasteiger partial charge in [0.1, 0.15) is 0 Å². The zero-order valence-corrected chi connectivity index (χ0v) is 7.89. The Morgan fingerprint density at radius 1 is 1.50 bits per heavy atom. The van der Waals surface area contributed by atoms with Gasteiger partial charge in [-0.15, -0.1) is 12.6 Å². The van der Waals surface area contributed by atoms with Gasteiger partial charge in [0.05, 0.1) is 12.7 Å². The average molecular weight is 182 g/mol. The number of benzene rings is 1. The Hall–Kier alpha value is -0.960. The smallest absolute Gasteiger partial charge is 0.338 e. The predicted molar refractivity (Wildman–Crippen MR) is 49.8 cm³/mol. The van der Waals surface area contributed by atoms with Crippen molar-refractivity contribution in [3.63, 3.8) is 0 Å². The van der Waals surface area contributed by atoms with Crippen LogP contribution in [0.1, 0.15) is 15.9 Å². The van der Waals surface area contributed by atoms with E-state index in [2.05, 4.69) is 17.4 Å². The molecule has 1 aromatic carbocycles. The Morgan fingerprint density at radius 2 is 2.17 bits per heavy atom. The number of esters is 1. The number of rotatable bonds is 1. The van der Waals surface area contributed by atoms with Crippen molar-refractivity contribution in [2.75, 3.05) is 7.11 Å². The minimum atomic E-state index is -0.316. The molecule has 0 aliphatic rings. The third-order valence-electron chi connectivity index (χ3n) is 1.63. The fraction of sp³-hybridized carbons (Fsp3) is 0.222. The van der Waals surface area contributed by atoms with Gasteiger partial charge in [-0.25, -0.2) is 4.79 Å². The van der Waals surface area contributed by atoms with E-state index in [9.17, 15) is 4.79 Å². The first-order valence-electron chi connectivity index (χ1n) is 3.53.